The molecule has 1 saturated carbocycles. The van der Waals surface area contributed by atoms with Gasteiger partial charge < -0.3 is 4.90 Å². The van der Waals surface area contributed by atoms with Gasteiger partial charge in [-0.15, -0.1) is 0 Å². The predicted octanol–water partition coefficient (Wildman–Crippen LogP) is 3.48. The number of hydrogen-bond acceptors (Lipinski definition) is 3. The zero-order valence-electron chi connectivity index (χ0n) is 15.8. The topological polar surface area (TPSA) is 66.5 Å². The van der Waals surface area contributed by atoms with Gasteiger partial charge in [-0.25, -0.2) is 13.1 Å². The van der Waals surface area contributed by atoms with Gasteiger partial charge in [-0.2, -0.15) is 0 Å². The molecule has 0 saturated heterocycles. The van der Waals surface area contributed by atoms with E-state index in [4.69, 9.17) is 0 Å². The summed E-state index contributed by atoms with van der Waals surface area (Å²) in [5, 5.41) is 0. The minimum absolute atomic E-state index is 0.181. The largest absolute Gasteiger partial charge is 0.312 e. The minimum atomic E-state index is -3.51. The number of amides is 1. The van der Waals surface area contributed by atoms with Crippen molar-refractivity contribution < 1.29 is 13.2 Å². The highest BCUT2D eigenvalue weighted by molar-refractivity contribution is 7.89. The predicted molar refractivity (Wildman–Crippen MR) is 104 cm³/mol. The molecular formula is C20H30N2O3S. The van der Waals surface area contributed by atoms with E-state index in [9.17, 15) is 13.2 Å². The molecule has 1 aliphatic heterocycles. The van der Waals surface area contributed by atoms with E-state index in [0.717, 1.165) is 56.2 Å². The Balaban J connectivity index is 1.68. The molecule has 1 atom stereocenters. The SMILES string of the molecule is CCCC[C@H](CC)CNS(=O)(=O)c1ccc2c(c1)CCN2C(=O)C1CC1. The monoisotopic (exact) mass is 378 g/mol. The summed E-state index contributed by atoms with van der Waals surface area (Å²) >= 11 is 0. The Kier molecular flexibility index (Phi) is 6.03. The van der Waals surface area contributed by atoms with Crippen molar-refractivity contribution in [3.63, 3.8) is 0 Å². The molecule has 1 aromatic carbocycles. The Morgan fingerprint density at radius 1 is 1.31 bits per heavy atom. The summed E-state index contributed by atoms with van der Waals surface area (Å²) < 4.78 is 28.1. The van der Waals surface area contributed by atoms with Gasteiger partial charge in [0, 0.05) is 24.7 Å². The summed E-state index contributed by atoms with van der Waals surface area (Å²) in [5.41, 5.74) is 1.84. The van der Waals surface area contributed by atoms with Gasteiger partial charge in [0.2, 0.25) is 15.9 Å². The number of carbonyl (C=O) groups is 1. The first kappa shape index (κ1) is 19.4. The molecule has 2 aliphatic rings. The standard InChI is InChI=1S/C20H30N2O3S/c1-3-5-6-15(4-2)14-21-26(24,25)18-9-10-19-17(13-18)11-12-22(19)20(23)16-7-8-16/h9-10,13,15-16,21H,3-8,11-12,14H2,1-2H3/t15-/m0/s1. The molecule has 1 N–H and O–H groups in total. The van der Waals surface area contributed by atoms with E-state index in [-0.39, 0.29) is 11.8 Å². The summed E-state index contributed by atoms with van der Waals surface area (Å²) in [5.74, 6) is 0.755. The van der Waals surface area contributed by atoms with Crippen molar-refractivity contribution in [2.24, 2.45) is 11.8 Å². The van der Waals surface area contributed by atoms with Crippen LogP contribution in [0.1, 0.15) is 57.9 Å². The third kappa shape index (κ3) is 4.29. The van der Waals surface area contributed by atoms with Crippen LogP contribution in [0.4, 0.5) is 5.69 Å². The van der Waals surface area contributed by atoms with E-state index in [0.29, 0.717) is 23.9 Å². The lowest BCUT2D eigenvalue weighted by Crippen LogP contribution is -2.30. The number of nitrogens with one attached hydrogen (secondary N) is 1. The summed E-state index contributed by atoms with van der Waals surface area (Å²) in [4.78, 5) is 14.5. The number of rotatable bonds is 9. The number of fused-ring (bicyclic) bond motifs is 1. The molecule has 0 aromatic heterocycles. The highest BCUT2D eigenvalue weighted by Gasteiger charge is 2.36. The van der Waals surface area contributed by atoms with Crippen LogP contribution in [0.15, 0.2) is 23.1 Å². The van der Waals surface area contributed by atoms with E-state index < -0.39 is 10.0 Å². The van der Waals surface area contributed by atoms with Crippen molar-refractivity contribution in [2.45, 2.75) is 63.7 Å². The Labute approximate surface area is 157 Å². The van der Waals surface area contributed by atoms with Crippen LogP contribution in [0.5, 0.6) is 0 Å². The molecule has 144 valence electrons. The smallest absolute Gasteiger partial charge is 0.240 e. The van der Waals surface area contributed by atoms with Crippen LogP contribution in [-0.2, 0) is 21.2 Å². The average molecular weight is 379 g/mol. The fourth-order valence-corrected chi connectivity index (χ4v) is 4.75. The first-order valence-electron chi connectivity index (χ1n) is 9.90. The van der Waals surface area contributed by atoms with Crippen LogP contribution in [0.2, 0.25) is 0 Å². The highest BCUT2D eigenvalue weighted by Crippen LogP contribution is 2.37. The number of carbonyl (C=O) groups excluding carboxylic acids is 1. The van der Waals surface area contributed by atoms with Gasteiger partial charge in [0.05, 0.1) is 4.90 Å². The number of benzene rings is 1. The molecule has 3 rings (SSSR count). The molecule has 0 spiro atoms. The summed E-state index contributed by atoms with van der Waals surface area (Å²) in [7, 11) is -3.51. The quantitative estimate of drug-likeness (QED) is 0.715. The second-order valence-electron chi connectivity index (χ2n) is 7.57. The lowest BCUT2D eigenvalue weighted by Gasteiger charge is -2.18. The Morgan fingerprint density at radius 3 is 2.73 bits per heavy atom. The van der Waals surface area contributed by atoms with Crippen LogP contribution in [0, 0.1) is 11.8 Å². The van der Waals surface area contributed by atoms with Crippen molar-refractivity contribution in [3.05, 3.63) is 23.8 Å². The molecule has 1 aromatic rings. The zero-order chi connectivity index (χ0) is 18.7. The van der Waals surface area contributed by atoms with Gasteiger partial charge in [0.15, 0.2) is 0 Å². The molecule has 5 nitrogen and oxygen atoms in total. The van der Waals surface area contributed by atoms with Crippen molar-refractivity contribution in [1.29, 1.82) is 0 Å². The minimum Gasteiger partial charge on any atom is -0.312 e. The third-order valence-electron chi connectivity index (χ3n) is 5.55. The van der Waals surface area contributed by atoms with Gasteiger partial charge in [-0.05, 0) is 55.4 Å². The number of unbranched alkanes of at least 4 members (excludes halogenated alkanes) is 1. The zero-order valence-corrected chi connectivity index (χ0v) is 16.6. The van der Waals surface area contributed by atoms with Crippen LogP contribution >= 0.6 is 0 Å². The van der Waals surface area contributed by atoms with Crippen LogP contribution in [0.3, 0.4) is 0 Å². The molecule has 26 heavy (non-hydrogen) atoms. The maximum Gasteiger partial charge on any atom is 0.240 e. The molecule has 1 aliphatic carbocycles. The fourth-order valence-electron chi connectivity index (χ4n) is 3.58. The fraction of sp³-hybridized carbons (Fsp3) is 0.650. The van der Waals surface area contributed by atoms with E-state index in [1.165, 1.54) is 0 Å². The normalized spacial score (nSPS) is 18.0. The van der Waals surface area contributed by atoms with Gasteiger partial charge in [0.1, 0.15) is 0 Å². The van der Waals surface area contributed by atoms with E-state index in [1.54, 1.807) is 18.2 Å². The maximum absolute atomic E-state index is 12.7. The van der Waals surface area contributed by atoms with Crippen molar-refractivity contribution in [2.75, 3.05) is 18.0 Å². The second kappa shape index (κ2) is 8.09. The van der Waals surface area contributed by atoms with E-state index in [2.05, 4.69) is 18.6 Å². The second-order valence-corrected chi connectivity index (χ2v) is 9.34. The third-order valence-corrected chi connectivity index (χ3v) is 6.98. The van der Waals surface area contributed by atoms with E-state index in [1.807, 2.05) is 4.90 Å². The van der Waals surface area contributed by atoms with Crippen molar-refractivity contribution in [1.82, 2.24) is 4.72 Å². The number of nitrogens with zero attached hydrogens (tertiary/aromatic N) is 1. The molecule has 0 bridgehead atoms. The number of anilines is 1. The maximum atomic E-state index is 12.7. The molecule has 1 fully saturated rings. The molecule has 0 radical (unpaired) electrons. The molecule has 1 amide bonds. The lowest BCUT2D eigenvalue weighted by atomic mass is 10.00. The number of sulfonamides is 1. The Hall–Kier alpha value is -1.40. The summed E-state index contributed by atoms with van der Waals surface area (Å²) in [6.45, 7) is 5.41. The first-order valence-corrected chi connectivity index (χ1v) is 11.4. The summed E-state index contributed by atoms with van der Waals surface area (Å²) in [6, 6.07) is 5.17. The molecular weight excluding hydrogens is 348 g/mol. The lowest BCUT2D eigenvalue weighted by molar-refractivity contribution is -0.119. The van der Waals surface area contributed by atoms with E-state index >= 15 is 0 Å². The summed E-state index contributed by atoms with van der Waals surface area (Å²) in [6.07, 6.45) is 6.98. The Morgan fingerprint density at radius 2 is 2.08 bits per heavy atom. The van der Waals surface area contributed by atoms with Crippen LogP contribution in [-0.4, -0.2) is 27.4 Å². The average Bonchev–Trinajstić information content (AvgIpc) is 3.40. The van der Waals surface area contributed by atoms with Crippen LogP contribution in [0.25, 0.3) is 0 Å². The molecule has 6 heteroatoms. The Bertz CT molecular complexity index is 756. The van der Waals surface area contributed by atoms with Gasteiger partial charge in [-0.3, -0.25) is 4.79 Å². The van der Waals surface area contributed by atoms with Crippen molar-refractivity contribution >= 4 is 21.6 Å². The molecule has 0 unspecified atom stereocenters. The first-order chi connectivity index (χ1) is 12.5. The number of hydrogen-bond donors (Lipinski definition) is 1. The van der Waals surface area contributed by atoms with Gasteiger partial charge >= 0.3 is 0 Å². The van der Waals surface area contributed by atoms with Gasteiger partial charge in [0.25, 0.3) is 0 Å². The van der Waals surface area contributed by atoms with Crippen molar-refractivity contribution in [3.8, 4) is 0 Å². The van der Waals surface area contributed by atoms with Crippen LogP contribution < -0.4 is 9.62 Å². The van der Waals surface area contributed by atoms with Gasteiger partial charge in [-0.1, -0.05) is 33.1 Å². The highest BCUT2D eigenvalue weighted by atomic mass is 32.2. The molecule has 1 heterocycles.